The molecule has 2 aliphatic rings. The summed E-state index contributed by atoms with van der Waals surface area (Å²) in [5, 5.41) is 3.99. The number of aryl methyl sites for hydroxylation is 2. The van der Waals surface area contributed by atoms with Gasteiger partial charge in [-0.05, 0) is 26.3 Å². The fourth-order valence-corrected chi connectivity index (χ4v) is 3.92. The molecule has 7 nitrogen and oxygen atoms in total. The van der Waals surface area contributed by atoms with Crippen molar-refractivity contribution in [3.8, 4) is 0 Å². The number of hydrogen-bond acceptors (Lipinski definition) is 6. The summed E-state index contributed by atoms with van der Waals surface area (Å²) in [7, 11) is 0. The first-order chi connectivity index (χ1) is 11.6. The average molecular weight is 327 g/mol. The van der Waals surface area contributed by atoms with E-state index in [4.69, 9.17) is 4.52 Å². The van der Waals surface area contributed by atoms with Crippen LogP contribution < -0.4 is 4.90 Å². The van der Waals surface area contributed by atoms with Gasteiger partial charge in [0.1, 0.15) is 17.9 Å². The molecular formula is C17H21N5O2. The standard InChI is InChI=1S/C17H21N5O2/c1-12-14(13(2)24-20-12)8-22-10-17(7-16(22)23)4-6-21(9-17)15-3-5-18-11-19-15/h3,5,11H,4,6-10H2,1-2H3/t17-/m0/s1. The third kappa shape index (κ3) is 2.53. The topological polar surface area (TPSA) is 75.4 Å². The van der Waals surface area contributed by atoms with Crippen LogP contribution >= 0.6 is 0 Å². The number of amides is 1. The van der Waals surface area contributed by atoms with E-state index in [0.29, 0.717) is 13.0 Å². The van der Waals surface area contributed by atoms with Crippen molar-refractivity contribution in [1.29, 1.82) is 0 Å². The molecule has 2 aromatic heterocycles. The summed E-state index contributed by atoms with van der Waals surface area (Å²) in [6.45, 7) is 7.01. The van der Waals surface area contributed by atoms with Crippen molar-refractivity contribution in [3.05, 3.63) is 35.6 Å². The Morgan fingerprint density at radius 2 is 2.21 bits per heavy atom. The van der Waals surface area contributed by atoms with E-state index in [1.54, 1.807) is 12.5 Å². The lowest BCUT2D eigenvalue weighted by atomic mass is 9.86. The van der Waals surface area contributed by atoms with Crippen LogP contribution in [0.5, 0.6) is 0 Å². The summed E-state index contributed by atoms with van der Waals surface area (Å²) < 4.78 is 5.22. The van der Waals surface area contributed by atoms with Gasteiger partial charge in [-0.2, -0.15) is 0 Å². The van der Waals surface area contributed by atoms with E-state index in [9.17, 15) is 4.79 Å². The Bertz CT molecular complexity index is 740. The zero-order valence-electron chi connectivity index (χ0n) is 14.0. The molecule has 0 radical (unpaired) electrons. The van der Waals surface area contributed by atoms with Gasteiger partial charge in [0.15, 0.2) is 0 Å². The van der Waals surface area contributed by atoms with Crippen molar-refractivity contribution in [2.75, 3.05) is 24.5 Å². The highest BCUT2D eigenvalue weighted by molar-refractivity contribution is 5.80. The summed E-state index contributed by atoms with van der Waals surface area (Å²) in [4.78, 5) is 25.1. The molecule has 7 heteroatoms. The SMILES string of the molecule is Cc1noc(C)c1CN1C[C@@]2(CCN(c3ccncn3)C2)CC1=O. The van der Waals surface area contributed by atoms with E-state index in [0.717, 1.165) is 48.9 Å². The normalized spacial score (nSPS) is 23.7. The molecule has 4 rings (SSSR count). The first kappa shape index (κ1) is 15.1. The molecule has 24 heavy (non-hydrogen) atoms. The van der Waals surface area contributed by atoms with Gasteiger partial charge in [0, 0.05) is 43.2 Å². The van der Waals surface area contributed by atoms with Crippen LogP contribution in [0.15, 0.2) is 23.1 Å². The third-order valence-electron chi connectivity index (χ3n) is 5.26. The third-order valence-corrected chi connectivity index (χ3v) is 5.26. The lowest BCUT2D eigenvalue weighted by Crippen LogP contribution is -2.31. The van der Waals surface area contributed by atoms with E-state index < -0.39 is 0 Å². The Kier molecular flexibility index (Phi) is 3.51. The zero-order valence-corrected chi connectivity index (χ0v) is 14.0. The summed E-state index contributed by atoms with van der Waals surface area (Å²) in [5.74, 6) is 1.97. The van der Waals surface area contributed by atoms with Crippen molar-refractivity contribution in [2.45, 2.75) is 33.2 Å². The van der Waals surface area contributed by atoms with Crippen molar-refractivity contribution in [3.63, 3.8) is 0 Å². The Morgan fingerprint density at radius 1 is 1.33 bits per heavy atom. The minimum absolute atomic E-state index is 0.0288. The van der Waals surface area contributed by atoms with E-state index >= 15 is 0 Å². The van der Waals surface area contributed by atoms with Crippen LogP contribution in [0, 0.1) is 19.3 Å². The van der Waals surface area contributed by atoms with Gasteiger partial charge in [-0.25, -0.2) is 9.97 Å². The second kappa shape index (κ2) is 5.58. The molecule has 0 aromatic carbocycles. The highest BCUT2D eigenvalue weighted by atomic mass is 16.5. The Morgan fingerprint density at radius 3 is 2.92 bits per heavy atom. The molecule has 0 unspecified atom stereocenters. The molecule has 2 saturated heterocycles. The predicted molar refractivity (Wildman–Crippen MR) is 87.3 cm³/mol. The fourth-order valence-electron chi connectivity index (χ4n) is 3.92. The van der Waals surface area contributed by atoms with E-state index in [-0.39, 0.29) is 11.3 Å². The quantitative estimate of drug-likeness (QED) is 0.854. The van der Waals surface area contributed by atoms with Crippen LogP contribution in [0.2, 0.25) is 0 Å². The molecule has 126 valence electrons. The Labute approximate surface area is 140 Å². The number of aromatic nitrogens is 3. The van der Waals surface area contributed by atoms with Gasteiger partial charge in [0.05, 0.1) is 12.2 Å². The van der Waals surface area contributed by atoms with Gasteiger partial charge in [0.25, 0.3) is 0 Å². The number of rotatable bonds is 3. The second-order valence-corrected chi connectivity index (χ2v) is 6.97. The van der Waals surface area contributed by atoms with Gasteiger partial charge in [-0.1, -0.05) is 5.16 Å². The number of nitrogens with zero attached hydrogens (tertiary/aromatic N) is 5. The molecule has 0 N–H and O–H groups in total. The Balaban J connectivity index is 1.48. The molecule has 4 heterocycles. The van der Waals surface area contributed by atoms with Gasteiger partial charge < -0.3 is 14.3 Å². The van der Waals surface area contributed by atoms with Gasteiger partial charge in [-0.15, -0.1) is 0 Å². The van der Waals surface area contributed by atoms with E-state index in [1.165, 1.54) is 0 Å². The first-order valence-corrected chi connectivity index (χ1v) is 8.27. The van der Waals surface area contributed by atoms with Gasteiger partial charge in [-0.3, -0.25) is 4.79 Å². The smallest absolute Gasteiger partial charge is 0.223 e. The summed E-state index contributed by atoms with van der Waals surface area (Å²) in [6, 6.07) is 1.93. The van der Waals surface area contributed by atoms with E-state index in [1.807, 2.05) is 24.8 Å². The number of hydrogen-bond donors (Lipinski definition) is 0. The molecule has 0 aliphatic carbocycles. The zero-order chi connectivity index (χ0) is 16.7. The lowest BCUT2D eigenvalue weighted by molar-refractivity contribution is -0.128. The maximum Gasteiger partial charge on any atom is 0.223 e. The maximum atomic E-state index is 12.6. The molecule has 2 fully saturated rings. The van der Waals surface area contributed by atoms with Crippen molar-refractivity contribution >= 4 is 11.7 Å². The number of anilines is 1. The predicted octanol–water partition coefficient (Wildman–Crippen LogP) is 1.71. The van der Waals surface area contributed by atoms with Gasteiger partial charge in [0.2, 0.25) is 5.91 Å². The highest BCUT2D eigenvalue weighted by Gasteiger charge is 2.47. The highest BCUT2D eigenvalue weighted by Crippen LogP contribution is 2.41. The number of carbonyl (C=O) groups is 1. The number of likely N-dealkylation sites (tertiary alicyclic amines) is 1. The van der Waals surface area contributed by atoms with E-state index in [2.05, 4.69) is 20.0 Å². The van der Waals surface area contributed by atoms with Crippen molar-refractivity contribution in [1.82, 2.24) is 20.0 Å². The minimum atomic E-state index is 0.0288. The fraction of sp³-hybridized carbons (Fsp3) is 0.529. The number of carbonyl (C=O) groups excluding carboxylic acids is 1. The molecule has 0 bridgehead atoms. The summed E-state index contributed by atoms with van der Waals surface area (Å²) in [6.07, 6.45) is 4.96. The molecule has 1 amide bonds. The van der Waals surface area contributed by atoms with Crippen molar-refractivity contribution < 1.29 is 9.32 Å². The first-order valence-electron chi connectivity index (χ1n) is 8.27. The molecule has 2 aliphatic heterocycles. The van der Waals surface area contributed by atoms with Crippen LogP contribution in [0.3, 0.4) is 0 Å². The van der Waals surface area contributed by atoms with Gasteiger partial charge >= 0.3 is 0 Å². The Hall–Kier alpha value is -2.44. The largest absolute Gasteiger partial charge is 0.361 e. The molecule has 0 saturated carbocycles. The van der Waals surface area contributed by atoms with Crippen LogP contribution in [-0.4, -0.2) is 45.6 Å². The molecular weight excluding hydrogens is 306 g/mol. The summed E-state index contributed by atoms with van der Waals surface area (Å²) >= 11 is 0. The lowest BCUT2D eigenvalue weighted by Gasteiger charge is -2.24. The van der Waals surface area contributed by atoms with Crippen molar-refractivity contribution in [2.24, 2.45) is 5.41 Å². The van der Waals surface area contributed by atoms with Crippen LogP contribution in [0.4, 0.5) is 5.82 Å². The molecule has 1 atom stereocenters. The van der Waals surface area contributed by atoms with Crippen LogP contribution in [0.1, 0.15) is 29.9 Å². The maximum absolute atomic E-state index is 12.6. The molecule has 2 aromatic rings. The monoisotopic (exact) mass is 327 g/mol. The average Bonchev–Trinajstić information content (AvgIpc) is 3.23. The summed E-state index contributed by atoms with van der Waals surface area (Å²) in [5.41, 5.74) is 1.93. The molecule has 1 spiro atoms. The minimum Gasteiger partial charge on any atom is -0.361 e. The second-order valence-electron chi connectivity index (χ2n) is 6.97. The van der Waals surface area contributed by atoms with Crippen LogP contribution in [-0.2, 0) is 11.3 Å². The van der Waals surface area contributed by atoms with Crippen LogP contribution in [0.25, 0.3) is 0 Å².